The Morgan fingerprint density at radius 1 is 1.26 bits per heavy atom. The molecule has 0 radical (unpaired) electrons. The van der Waals surface area contributed by atoms with Crippen molar-refractivity contribution < 1.29 is 15.0 Å². The van der Waals surface area contributed by atoms with Crippen LogP contribution in [0.3, 0.4) is 0 Å². The molecule has 19 heavy (non-hydrogen) atoms. The number of hydrogen-bond donors (Lipinski definition) is 2. The van der Waals surface area contributed by atoms with E-state index in [0.717, 1.165) is 31.2 Å². The summed E-state index contributed by atoms with van der Waals surface area (Å²) in [5.74, 6) is -0.961. The summed E-state index contributed by atoms with van der Waals surface area (Å²) in [5.41, 5.74) is 1.68. The second kappa shape index (κ2) is 4.62. The van der Waals surface area contributed by atoms with E-state index in [2.05, 4.69) is 10.3 Å². The quantitative estimate of drug-likeness (QED) is 0.857. The van der Waals surface area contributed by atoms with Gasteiger partial charge >= 0.3 is 5.97 Å². The molecule has 6 nitrogen and oxygen atoms in total. The molecule has 3 rings (SSSR count). The van der Waals surface area contributed by atoms with E-state index in [9.17, 15) is 9.90 Å². The van der Waals surface area contributed by atoms with E-state index in [4.69, 9.17) is 5.11 Å². The molecule has 0 aliphatic heterocycles. The molecule has 6 heteroatoms. The van der Waals surface area contributed by atoms with E-state index >= 15 is 0 Å². The Morgan fingerprint density at radius 3 is 2.68 bits per heavy atom. The molecule has 1 aromatic heterocycles. The van der Waals surface area contributed by atoms with Gasteiger partial charge < -0.3 is 10.2 Å². The molecule has 1 aliphatic carbocycles. The second-order valence-electron chi connectivity index (χ2n) is 5.01. The number of nitrogens with zero attached hydrogens (tertiary/aromatic N) is 3. The Labute approximate surface area is 109 Å². The van der Waals surface area contributed by atoms with Crippen molar-refractivity contribution in [2.45, 2.75) is 37.8 Å². The molecular formula is C13H15N3O3. The summed E-state index contributed by atoms with van der Waals surface area (Å²) in [6.07, 6.45) is 3.10. The van der Waals surface area contributed by atoms with Crippen molar-refractivity contribution in [2.24, 2.45) is 0 Å². The molecule has 0 spiro atoms. The van der Waals surface area contributed by atoms with Crippen molar-refractivity contribution in [1.29, 1.82) is 0 Å². The molecule has 1 aliphatic rings. The van der Waals surface area contributed by atoms with Crippen LogP contribution in [0.5, 0.6) is 0 Å². The molecule has 1 saturated carbocycles. The van der Waals surface area contributed by atoms with E-state index in [1.54, 1.807) is 18.2 Å². The summed E-state index contributed by atoms with van der Waals surface area (Å²) >= 11 is 0. The predicted molar refractivity (Wildman–Crippen MR) is 68.0 cm³/mol. The Bertz CT molecular complexity index is 615. The lowest BCUT2D eigenvalue weighted by molar-refractivity contribution is 0.0697. The highest BCUT2D eigenvalue weighted by atomic mass is 16.4. The largest absolute Gasteiger partial charge is 0.478 e. The van der Waals surface area contributed by atoms with E-state index < -0.39 is 5.97 Å². The molecule has 2 aromatic rings. The van der Waals surface area contributed by atoms with Crippen molar-refractivity contribution in [1.82, 2.24) is 15.0 Å². The van der Waals surface area contributed by atoms with Gasteiger partial charge in [0.2, 0.25) is 0 Å². The molecule has 100 valence electrons. The van der Waals surface area contributed by atoms with Gasteiger partial charge in [0.05, 0.1) is 23.2 Å². The third kappa shape index (κ3) is 2.19. The SMILES string of the molecule is O=C(O)c1ccc2c(c1)nnn2C1CCC(O)CC1. The normalized spacial score (nSPS) is 23.6. The minimum absolute atomic E-state index is 0.204. The lowest BCUT2D eigenvalue weighted by Gasteiger charge is -2.25. The monoisotopic (exact) mass is 261 g/mol. The molecular weight excluding hydrogens is 246 g/mol. The zero-order chi connectivity index (χ0) is 13.4. The number of carboxylic acid groups (broad SMARTS) is 1. The van der Waals surface area contributed by atoms with Crippen LogP contribution in [0.25, 0.3) is 11.0 Å². The van der Waals surface area contributed by atoms with Crippen LogP contribution in [0.2, 0.25) is 0 Å². The molecule has 1 heterocycles. The van der Waals surface area contributed by atoms with Crippen LogP contribution in [0.15, 0.2) is 18.2 Å². The van der Waals surface area contributed by atoms with Gasteiger partial charge in [0.25, 0.3) is 0 Å². The number of benzene rings is 1. The zero-order valence-electron chi connectivity index (χ0n) is 10.4. The van der Waals surface area contributed by atoms with Gasteiger partial charge in [-0.1, -0.05) is 5.21 Å². The fourth-order valence-corrected chi connectivity index (χ4v) is 2.65. The summed E-state index contributed by atoms with van der Waals surface area (Å²) in [6.45, 7) is 0. The van der Waals surface area contributed by atoms with Crippen molar-refractivity contribution in [3.63, 3.8) is 0 Å². The highest BCUT2D eigenvalue weighted by Gasteiger charge is 2.23. The number of hydrogen-bond acceptors (Lipinski definition) is 4. The number of carboxylic acids is 1. The van der Waals surface area contributed by atoms with Crippen molar-refractivity contribution >= 4 is 17.0 Å². The maximum absolute atomic E-state index is 10.9. The molecule has 0 unspecified atom stereocenters. The number of rotatable bonds is 2. The van der Waals surface area contributed by atoms with Crippen LogP contribution in [-0.4, -0.2) is 37.3 Å². The highest BCUT2D eigenvalue weighted by Crippen LogP contribution is 2.30. The van der Waals surface area contributed by atoms with Crippen LogP contribution < -0.4 is 0 Å². The van der Waals surface area contributed by atoms with Gasteiger partial charge in [-0.15, -0.1) is 5.10 Å². The fraction of sp³-hybridized carbons (Fsp3) is 0.462. The fourth-order valence-electron chi connectivity index (χ4n) is 2.65. The number of aliphatic hydroxyl groups is 1. The van der Waals surface area contributed by atoms with Gasteiger partial charge in [0.15, 0.2) is 0 Å². The molecule has 0 atom stereocenters. The van der Waals surface area contributed by atoms with Crippen LogP contribution in [-0.2, 0) is 0 Å². The van der Waals surface area contributed by atoms with Crippen LogP contribution in [0, 0.1) is 0 Å². The Morgan fingerprint density at radius 2 is 2.00 bits per heavy atom. The molecule has 1 aromatic carbocycles. The minimum atomic E-state index is -0.961. The molecule has 0 saturated heterocycles. The van der Waals surface area contributed by atoms with Gasteiger partial charge in [-0.05, 0) is 43.9 Å². The number of aromatic carboxylic acids is 1. The Balaban J connectivity index is 1.95. The van der Waals surface area contributed by atoms with Crippen LogP contribution in [0.1, 0.15) is 42.1 Å². The van der Waals surface area contributed by atoms with Gasteiger partial charge in [-0.25, -0.2) is 9.48 Å². The molecule has 0 amide bonds. The van der Waals surface area contributed by atoms with Gasteiger partial charge in [-0.2, -0.15) is 0 Å². The average molecular weight is 261 g/mol. The minimum Gasteiger partial charge on any atom is -0.478 e. The standard InChI is InChI=1S/C13H15N3O3/c17-10-4-2-9(3-5-10)16-12-6-1-8(13(18)19)7-11(12)14-15-16/h1,6-7,9-10,17H,2-5H2,(H,18,19). The number of aromatic nitrogens is 3. The average Bonchev–Trinajstić information content (AvgIpc) is 2.82. The van der Waals surface area contributed by atoms with E-state index in [0.29, 0.717) is 5.52 Å². The number of fused-ring (bicyclic) bond motifs is 1. The first-order valence-corrected chi connectivity index (χ1v) is 6.41. The van der Waals surface area contributed by atoms with Crippen LogP contribution in [0.4, 0.5) is 0 Å². The Kier molecular flexibility index (Phi) is 2.94. The summed E-state index contributed by atoms with van der Waals surface area (Å²) in [6, 6.07) is 5.11. The lowest BCUT2D eigenvalue weighted by atomic mass is 9.93. The summed E-state index contributed by atoms with van der Waals surface area (Å²) in [5, 5.41) is 26.7. The zero-order valence-corrected chi connectivity index (χ0v) is 10.4. The predicted octanol–water partition coefficient (Wildman–Crippen LogP) is 1.61. The molecule has 2 N–H and O–H groups in total. The maximum Gasteiger partial charge on any atom is 0.335 e. The third-order valence-corrected chi connectivity index (χ3v) is 3.73. The maximum atomic E-state index is 10.9. The van der Waals surface area contributed by atoms with E-state index in [1.165, 1.54) is 0 Å². The van der Waals surface area contributed by atoms with Crippen molar-refractivity contribution in [3.05, 3.63) is 23.8 Å². The summed E-state index contributed by atoms with van der Waals surface area (Å²) in [7, 11) is 0. The topological polar surface area (TPSA) is 88.2 Å². The highest BCUT2D eigenvalue weighted by molar-refractivity contribution is 5.92. The number of aliphatic hydroxyl groups excluding tert-OH is 1. The number of carbonyl (C=O) groups is 1. The first kappa shape index (κ1) is 12.1. The van der Waals surface area contributed by atoms with Crippen LogP contribution >= 0.6 is 0 Å². The second-order valence-corrected chi connectivity index (χ2v) is 5.01. The van der Waals surface area contributed by atoms with Gasteiger partial charge in [0, 0.05) is 0 Å². The van der Waals surface area contributed by atoms with Gasteiger partial charge in [-0.3, -0.25) is 0 Å². The first-order chi connectivity index (χ1) is 9.15. The smallest absolute Gasteiger partial charge is 0.335 e. The molecule has 1 fully saturated rings. The summed E-state index contributed by atoms with van der Waals surface area (Å²) in [4.78, 5) is 10.9. The van der Waals surface area contributed by atoms with Crippen molar-refractivity contribution in [2.75, 3.05) is 0 Å². The van der Waals surface area contributed by atoms with Crippen molar-refractivity contribution in [3.8, 4) is 0 Å². The first-order valence-electron chi connectivity index (χ1n) is 6.41. The third-order valence-electron chi connectivity index (χ3n) is 3.73. The lowest BCUT2D eigenvalue weighted by Crippen LogP contribution is -2.21. The van der Waals surface area contributed by atoms with E-state index in [-0.39, 0.29) is 17.7 Å². The van der Waals surface area contributed by atoms with Gasteiger partial charge in [0.1, 0.15) is 5.52 Å². The Hall–Kier alpha value is -1.95. The summed E-state index contributed by atoms with van der Waals surface area (Å²) < 4.78 is 1.85. The molecule has 0 bridgehead atoms. The van der Waals surface area contributed by atoms with E-state index in [1.807, 2.05) is 4.68 Å².